The summed E-state index contributed by atoms with van der Waals surface area (Å²) in [6, 6.07) is 3.79. The highest BCUT2D eigenvalue weighted by Gasteiger charge is 2.12. The minimum absolute atomic E-state index is 0.494. The van der Waals surface area contributed by atoms with Crippen molar-refractivity contribution < 1.29 is 9.26 Å². The second-order valence-electron chi connectivity index (χ2n) is 4.91. The minimum Gasteiger partial charge on any atom is -0.377 e. The molecule has 0 unspecified atom stereocenters. The monoisotopic (exact) mass is 286 g/mol. The van der Waals surface area contributed by atoms with Gasteiger partial charge in [0.2, 0.25) is 0 Å². The lowest BCUT2D eigenvalue weighted by molar-refractivity contribution is 0.153. The SMILES string of the molecule is Cc1noc(-c2cccnc2NCCC2=CCOCC2)n1. The van der Waals surface area contributed by atoms with Crippen molar-refractivity contribution in [2.45, 2.75) is 19.8 Å². The van der Waals surface area contributed by atoms with Crippen molar-refractivity contribution in [3.63, 3.8) is 0 Å². The van der Waals surface area contributed by atoms with Crippen LogP contribution in [-0.2, 0) is 4.74 Å². The molecule has 1 N–H and O–H groups in total. The van der Waals surface area contributed by atoms with Gasteiger partial charge in [-0.25, -0.2) is 4.98 Å². The number of aryl methyl sites for hydroxylation is 1. The molecule has 2 aromatic heterocycles. The van der Waals surface area contributed by atoms with Crippen molar-refractivity contribution in [3.05, 3.63) is 35.8 Å². The lowest BCUT2D eigenvalue weighted by Crippen LogP contribution is -2.10. The summed E-state index contributed by atoms with van der Waals surface area (Å²) in [6.07, 6.45) is 5.91. The van der Waals surface area contributed by atoms with E-state index in [1.54, 1.807) is 13.1 Å². The van der Waals surface area contributed by atoms with E-state index in [1.165, 1.54) is 5.57 Å². The number of nitrogens with zero attached hydrogens (tertiary/aromatic N) is 3. The van der Waals surface area contributed by atoms with Crippen molar-refractivity contribution in [3.8, 4) is 11.5 Å². The van der Waals surface area contributed by atoms with Crippen molar-refractivity contribution >= 4 is 5.82 Å². The van der Waals surface area contributed by atoms with Crippen LogP contribution in [-0.4, -0.2) is 34.9 Å². The number of hydrogen-bond donors (Lipinski definition) is 1. The predicted molar refractivity (Wildman–Crippen MR) is 78.9 cm³/mol. The first kappa shape index (κ1) is 13.8. The maximum Gasteiger partial charge on any atom is 0.261 e. The molecule has 0 aliphatic carbocycles. The van der Waals surface area contributed by atoms with Crippen molar-refractivity contribution in [2.24, 2.45) is 0 Å². The Bertz CT molecular complexity index is 636. The van der Waals surface area contributed by atoms with Crippen LogP contribution in [0.5, 0.6) is 0 Å². The number of anilines is 1. The third kappa shape index (κ3) is 3.46. The van der Waals surface area contributed by atoms with Crippen molar-refractivity contribution in [1.29, 1.82) is 0 Å². The summed E-state index contributed by atoms with van der Waals surface area (Å²) >= 11 is 0. The lowest BCUT2D eigenvalue weighted by atomic mass is 10.1. The summed E-state index contributed by atoms with van der Waals surface area (Å²) in [5, 5.41) is 7.17. The van der Waals surface area contributed by atoms with E-state index in [-0.39, 0.29) is 0 Å². The first-order valence-corrected chi connectivity index (χ1v) is 7.08. The van der Waals surface area contributed by atoms with Crippen LogP contribution in [0.3, 0.4) is 0 Å². The number of aromatic nitrogens is 3. The molecule has 0 amide bonds. The van der Waals surface area contributed by atoms with E-state index in [4.69, 9.17) is 9.26 Å². The van der Waals surface area contributed by atoms with Gasteiger partial charge in [0.1, 0.15) is 5.82 Å². The highest BCUT2D eigenvalue weighted by Crippen LogP contribution is 2.24. The van der Waals surface area contributed by atoms with Gasteiger partial charge in [0.15, 0.2) is 5.82 Å². The van der Waals surface area contributed by atoms with E-state index >= 15 is 0 Å². The largest absolute Gasteiger partial charge is 0.377 e. The van der Waals surface area contributed by atoms with E-state index < -0.39 is 0 Å². The van der Waals surface area contributed by atoms with Crippen LogP contribution in [0.1, 0.15) is 18.7 Å². The van der Waals surface area contributed by atoms with Gasteiger partial charge >= 0.3 is 0 Å². The highest BCUT2D eigenvalue weighted by atomic mass is 16.5. The zero-order valence-electron chi connectivity index (χ0n) is 12.0. The molecule has 21 heavy (non-hydrogen) atoms. The molecule has 0 fully saturated rings. The average molecular weight is 286 g/mol. The molecule has 1 aliphatic heterocycles. The third-order valence-corrected chi connectivity index (χ3v) is 3.36. The Morgan fingerprint density at radius 3 is 3.10 bits per heavy atom. The molecule has 0 bridgehead atoms. The predicted octanol–water partition coefficient (Wildman–Crippen LogP) is 2.59. The Kier molecular flexibility index (Phi) is 4.25. The Morgan fingerprint density at radius 2 is 2.33 bits per heavy atom. The highest BCUT2D eigenvalue weighted by molar-refractivity contribution is 5.68. The molecule has 6 nitrogen and oxygen atoms in total. The molecule has 0 saturated heterocycles. The molecule has 3 rings (SSSR count). The fourth-order valence-electron chi connectivity index (χ4n) is 2.26. The summed E-state index contributed by atoms with van der Waals surface area (Å²) in [5.41, 5.74) is 2.26. The van der Waals surface area contributed by atoms with Gasteiger partial charge < -0.3 is 14.6 Å². The average Bonchev–Trinajstić information content (AvgIpc) is 2.95. The molecule has 0 atom stereocenters. The van der Waals surface area contributed by atoms with Crippen LogP contribution in [0.25, 0.3) is 11.5 Å². The van der Waals surface area contributed by atoms with E-state index in [1.807, 2.05) is 12.1 Å². The smallest absolute Gasteiger partial charge is 0.261 e. The quantitative estimate of drug-likeness (QED) is 0.852. The van der Waals surface area contributed by atoms with E-state index in [0.29, 0.717) is 11.7 Å². The fourth-order valence-corrected chi connectivity index (χ4v) is 2.26. The Labute approximate surface area is 123 Å². The molecule has 1 aliphatic rings. The van der Waals surface area contributed by atoms with Gasteiger partial charge in [-0.2, -0.15) is 4.98 Å². The second-order valence-corrected chi connectivity index (χ2v) is 4.91. The van der Waals surface area contributed by atoms with Gasteiger partial charge in [-0.15, -0.1) is 0 Å². The number of nitrogens with one attached hydrogen (secondary N) is 1. The maximum absolute atomic E-state index is 5.31. The normalized spacial score (nSPS) is 14.8. The zero-order valence-corrected chi connectivity index (χ0v) is 12.0. The first-order chi connectivity index (χ1) is 10.3. The first-order valence-electron chi connectivity index (χ1n) is 7.08. The maximum atomic E-state index is 5.31. The molecule has 6 heteroatoms. The Balaban J connectivity index is 1.66. The summed E-state index contributed by atoms with van der Waals surface area (Å²) in [6.45, 7) is 4.17. The van der Waals surface area contributed by atoms with Crippen LogP contribution >= 0.6 is 0 Å². The topological polar surface area (TPSA) is 73.1 Å². The van der Waals surface area contributed by atoms with Crippen molar-refractivity contribution in [1.82, 2.24) is 15.1 Å². The van der Waals surface area contributed by atoms with E-state index in [0.717, 1.165) is 44.0 Å². The Hall–Kier alpha value is -2.21. The number of hydrogen-bond acceptors (Lipinski definition) is 6. The summed E-state index contributed by atoms with van der Waals surface area (Å²) in [4.78, 5) is 8.62. The molecule has 110 valence electrons. The van der Waals surface area contributed by atoms with Crippen LogP contribution in [0.4, 0.5) is 5.82 Å². The number of ether oxygens (including phenoxy) is 1. The van der Waals surface area contributed by atoms with Gasteiger partial charge in [0.05, 0.1) is 18.8 Å². The molecule has 0 saturated carbocycles. The molecular weight excluding hydrogens is 268 g/mol. The van der Waals surface area contributed by atoms with Gasteiger partial charge in [-0.3, -0.25) is 0 Å². The summed E-state index contributed by atoms with van der Waals surface area (Å²) in [7, 11) is 0. The fraction of sp³-hybridized carbons (Fsp3) is 0.400. The van der Waals surface area contributed by atoms with Gasteiger partial charge in [0.25, 0.3) is 5.89 Å². The third-order valence-electron chi connectivity index (χ3n) is 3.36. The lowest BCUT2D eigenvalue weighted by Gasteiger charge is -2.14. The summed E-state index contributed by atoms with van der Waals surface area (Å²) in [5.74, 6) is 1.88. The number of pyridine rings is 1. The molecule has 0 spiro atoms. The summed E-state index contributed by atoms with van der Waals surface area (Å²) < 4.78 is 10.5. The second kappa shape index (κ2) is 6.49. The van der Waals surface area contributed by atoms with E-state index in [9.17, 15) is 0 Å². The zero-order chi connectivity index (χ0) is 14.5. The molecule has 0 aromatic carbocycles. The molecule has 3 heterocycles. The van der Waals surface area contributed by atoms with Gasteiger partial charge in [-0.1, -0.05) is 16.8 Å². The van der Waals surface area contributed by atoms with Crippen LogP contribution in [0.15, 0.2) is 34.5 Å². The van der Waals surface area contributed by atoms with Crippen LogP contribution < -0.4 is 5.32 Å². The number of rotatable bonds is 5. The molecule has 2 aromatic rings. The minimum atomic E-state index is 0.494. The van der Waals surface area contributed by atoms with Crippen molar-refractivity contribution in [2.75, 3.05) is 25.1 Å². The van der Waals surface area contributed by atoms with Gasteiger partial charge in [-0.05, 0) is 31.9 Å². The molecule has 0 radical (unpaired) electrons. The van der Waals surface area contributed by atoms with E-state index in [2.05, 4.69) is 26.5 Å². The van der Waals surface area contributed by atoms with Crippen LogP contribution in [0.2, 0.25) is 0 Å². The Morgan fingerprint density at radius 1 is 1.38 bits per heavy atom. The standard InChI is InChI=1S/C15H18N4O2/c1-11-18-15(21-19-11)13-3-2-7-16-14(13)17-8-4-12-5-9-20-10-6-12/h2-3,5,7H,4,6,8-10H2,1H3,(H,16,17). The molecular formula is C15H18N4O2. The van der Waals surface area contributed by atoms with Crippen LogP contribution in [0, 0.1) is 6.92 Å². The van der Waals surface area contributed by atoms with Gasteiger partial charge in [0, 0.05) is 12.7 Å².